The molecule has 25 heavy (non-hydrogen) atoms. The summed E-state index contributed by atoms with van der Waals surface area (Å²) in [6.07, 6.45) is 3.22. The topological polar surface area (TPSA) is 74.9 Å². The lowest BCUT2D eigenvalue weighted by Crippen LogP contribution is -2.09. The zero-order valence-corrected chi connectivity index (χ0v) is 16.1. The van der Waals surface area contributed by atoms with E-state index in [0.29, 0.717) is 5.69 Å². The van der Waals surface area contributed by atoms with Gasteiger partial charge in [-0.1, -0.05) is 6.07 Å². The molecule has 2 aromatic heterocycles. The van der Waals surface area contributed by atoms with E-state index in [1.807, 2.05) is 24.4 Å². The molecule has 2 heterocycles. The number of benzene rings is 1. The van der Waals surface area contributed by atoms with E-state index in [2.05, 4.69) is 35.4 Å². The summed E-state index contributed by atoms with van der Waals surface area (Å²) in [6.45, 7) is 6.13. The van der Waals surface area contributed by atoms with Crippen LogP contribution in [0.4, 0.5) is 5.69 Å². The standard InChI is InChI=1S/C18H19N3O2S2/c1-11(2)21-9-15(16-10-24-18(8-19)12(16)3)14-6-5-13(7-17(14)21)20-25(4,22)23/h5-7,9-11,20H,1-4H3. The number of rotatable bonds is 4. The number of nitriles is 1. The van der Waals surface area contributed by atoms with Gasteiger partial charge in [0.15, 0.2) is 0 Å². The van der Waals surface area contributed by atoms with Crippen molar-refractivity contribution in [2.24, 2.45) is 0 Å². The third-order valence-corrected chi connectivity index (χ3v) is 5.72. The van der Waals surface area contributed by atoms with Crippen LogP contribution in [0.3, 0.4) is 0 Å². The van der Waals surface area contributed by atoms with Gasteiger partial charge in [-0.25, -0.2) is 8.42 Å². The Bertz CT molecular complexity index is 1100. The largest absolute Gasteiger partial charge is 0.344 e. The second-order valence-corrected chi connectivity index (χ2v) is 8.99. The van der Waals surface area contributed by atoms with Gasteiger partial charge < -0.3 is 4.57 Å². The van der Waals surface area contributed by atoms with Gasteiger partial charge in [-0.3, -0.25) is 4.72 Å². The maximum Gasteiger partial charge on any atom is 0.229 e. The smallest absolute Gasteiger partial charge is 0.229 e. The van der Waals surface area contributed by atoms with Crippen LogP contribution in [0.15, 0.2) is 29.8 Å². The Hall–Kier alpha value is -2.30. The lowest BCUT2D eigenvalue weighted by molar-refractivity contribution is 0.607. The highest BCUT2D eigenvalue weighted by molar-refractivity contribution is 7.92. The summed E-state index contributed by atoms with van der Waals surface area (Å²) < 4.78 is 27.7. The van der Waals surface area contributed by atoms with Gasteiger partial charge in [0.25, 0.3) is 0 Å². The van der Waals surface area contributed by atoms with Crippen molar-refractivity contribution in [2.75, 3.05) is 11.0 Å². The molecular weight excluding hydrogens is 354 g/mol. The van der Waals surface area contributed by atoms with Crippen LogP contribution in [0.1, 0.15) is 30.3 Å². The number of aromatic nitrogens is 1. The van der Waals surface area contributed by atoms with Crippen molar-refractivity contribution in [1.29, 1.82) is 5.26 Å². The fourth-order valence-electron chi connectivity index (χ4n) is 2.96. The molecule has 0 bridgehead atoms. The van der Waals surface area contributed by atoms with E-state index in [-0.39, 0.29) is 6.04 Å². The zero-order valence-electron chi connectivity index (χ0n) is 14.5. The minimum atomic E-state index is -3.32. The second-order valence-electron chi connectivity index (χ2n) is 6.37. The molecule has 0 aliphatic heterocycles. The van der Waals surface area contributed by atoms with E-state index in [4.69, 9.17) is 0 Å². The summed E-state index contributed by atoms with van der Waals surface area (Å²) in [5, 5.41) is 12.3. The molecule has 0 spiro atoms. The predicted molar refractivity (Wildman–Crippen MR) is 104 cm³/mol. The van der Waals surface area contributed by atoms with Gasteiger partial charge >= 0.3 is 0 Å². The lowest BCUT2D eigenvalue weighted by atomic mass is 10.0. The Morgan fingerprint density at radius 3 is 2.56 bits per heavy atom. The number of hydrogen-bond acceptors (Lipinski definition) is 4. The van der Waals surface area contributed by atoms with E-state index in [1.54, 1.807) is 6.07 Å². The van der Waals surface area contributed by atoms with Gasteiger partial charge in [0.1, 0.15) is 10.9 Å². The zero-order chi connectivity index (χ0) is 18.4. The Labute approximate surface area is 151 Å². The van der Waals surface area contributed by atoms with Gasteiger partial charge in [0.2, 0.25) is 10.0 Å². The SMILES string of the molecule is Cc1c(-c2cn(C(C)C)c3cc(NS(C)(=O)=O)ccc23)csc1C#N. The molecule has 0 fully saturated rings. The molecule has 3 aromatic rings. The Morgan fingerprint density at radius 1 is 1.28 bits per heavy atom. The Kier molecular flexibility index (Phi) is 4.35. The first-order chi connectivity index (χ1) is 11.7. The fourth-order valence-corrected chi connectivity index (χ4v) is 4.40. The summed E-state index contributed by atoms with van der Waals surface area (Å²) in [5.41, 5.74) is 4.59. The third kappa shape index (κ3) is 3.28. The highest BCUT2D eigenvalue weighted by Gasteiger charge is 2.17. The molecule has 1 aromatic carbocycles. The number of thiophene rings is 1. The van der Waals surface area contributed by atoms with Crippen LogP contribution in [0.5, 0.6) is 0 Å². The van der Waals surface area contributed by atoms with Gasteiger partial charge in [-0.2, -0.15) is 5.26 Å². The van der Waals surface area contributed by atoms with Gasteiger partial charge in [0, 0.05) is 28.6 Å². The quantitative estimate of drug-likeness (QED) is 0.731. The molecular formula is C18H19N3O2S2. The van der Waals surface area contributed by atoms with E-state index in [1.165, 1.54) is 11.3 Å². The van der Waals surface area contributed by atoms with E-state index in [9.17, 15) is 13.7 Å². The predicted octanol–water partition coefficient (Wildman–Crippen LogP) is 4.50. The van der Waals surface area contributed by atoms with Crippen molar-refractivity contribution in [3.63, 3.8) is 0 Å². The van der Waals surface area contributed by atoms with Crippen molar-refractivity contribution in [3.8, 4) is 17.2 Å². The molecule has 0 amide bonds. The molecule has 7 heteroatoms. The lowest BCUT2D eigenvalue weighted by Gasteiger charge is -2.10. The maximum absolute atomic E-state index is 11.5. The fraction of sp³-hybridized carbons (Fsp3) is 0.278. The molecule has 0 unspecified atom stereocenters. The average molecular weight is 374 g/mol. The molecule has 0 saturated heterocycles. The van der Waals surface area contributed by atoms with Crippen LogP contribution in [0.25, 0.3) is 22.0 Å². The summed E-state index contributed by atoms with van der Waals surface area (Å²) >= 11 is 1.45. The molecule has 1 N–H and O–H groups in total. The van der Waals surface area contributed by atoms with Crippen molar-refractivity contribution < 1.29 is 8.42 Å². The van der Waals surface area contributed by atoms with E-state index in [0.717, 1.165) is 38.7 Å². The molecule has 0 radical (unpaired) electrons. The van der Waals surface area contributed by atoms with Crippen LogP contribution in [0, 0.1) is 18.3 Å². The summed E-state index contributed by atoms with van der Waals surface area (Å²) in [5.74, 6) is 0. The maximum atomic E-state index is 11.5. The van der Waals surface area contributed by atoms with Gasteiger partial charge in [-0.15, -0.1) is 11.3 Å². The van der Waals surface area contributed by atoms with Crippen LogP contribution in [-0.2, 0) is 10.0 Å². The van der Waals surface area contributed by atoms with Crippen LogP contribution in [0.2, 0.25) is 0 Å². The highest BCUT2D eigenvalue weighted by Crippen LogP contribution is 2.38. The molecule has 0 aliphatic carbocycles. The van der Waals surface area contributed by atoms with Crippen LogP contribution >= 0.6 is 11.3 Å². The van der Waals surface area contributed by atoms with Gasteiger partial charge in [0.05, 0.1) is 17.5 Å². The first-order valence-electron chi connectivity index (χ1n) is 7.82. The molecule has 130 valence electrons. The molecule has 0 atom stereocenters. The molecule has 5 nitrogen and oxygen atoms in total. The first-order valence-corrected chi connectivity index (χ1v) is 10.6. The average Bonchev–Trinajstić information content (AvgIpc) is 3.05. The number of anilines is 1. The monoisotopic (exact) mass is 373 g/mol. The second kappa shape index (κ2) is 6.21. The van der Waals surface area contributed by atoms with Crippen molar-refractivity contribution in [1.82, 2.24) is 4.57 Å². The third-order valence-electron chi connectivity index (χ3n) is 4.12. The minimum Gasteiger partial charge on any atom is -0.344 e. The van der Waals surface area contributed by atoms with Crippen molar-refractivity contribution in [3.05, 3.63) is 40.2 Å². The Morgan fingerprint density at radius 2 is 2.00 bits per heavy atom. The number of hydrogen-bond donors (Lipinski definition) is 1. The van der Waals surface area contributed by atoms with E-state index >= 15 is 0 Å². The number of nitrogens with zero attached hydrogens (tertiary/aromatic N) is 2. The van der Waals surface area contributed by atoms with E-state index < -0.39 is 10.0 Å². The van der Waals surface area contributed by atoms with Crippen LogP contribution in [-0.4, -0.2) is 19.2 Å². The van der Waals surface area contributed by atoms with Gasteiger partial charge in [-0.05, 0) is 44.0 Å². The number of fused-ring (bicyclic) bond motifs is 1. The first kappa shape index (κ1) is 17.5. The number of nitrogens with one attached hydrogen (secondary N) is 1. The number of sulfonamides is 1. The minimum absolute atomic E-state index is 0.221. The molecule has 0 aliphatic rings. The van der Waals surface area contributed by atoms with Crippen molar-refractivity contribution >= 4 is 38.0 Å². The van der Waals surface area contributed by atoms with Crippen molar-refractivity contribution in [2.45, 2.75) is 26.8 Å². The summed E-state index contributed by atoms with van der Waals surface area (Å²) in [4.78, 5) is 0.718. The van der Waals surface area contributed by atoms with Crippen LogP contribution < -0.4 is 4.72 Å². The molecule has 3 rings (SSSR count). The Balaban J connectivity index is 2.24. The summed E-state index contributed by atoms with van der Waals surface area (Å²) in [7, 11) is -3.32. The normalized spacial score (nSPS) is 11.8. The highest BCUT2D eigenvalue weighted by atomic mass is 32.2. The molecule has 0 saturated carbocycles. The summed E-state index contributed by atoms with van der Waals surface area (Å²) in [6, 6.07) is 8.01.